The topological polar surface area (TPSA) is 55.4 Å². The van der Waals surface area contributed by atoms with Crippen LogP contribution < -0.4 is 5.32 Å². The summed E-state index contributed by atoms with van der Waals surface area (Å²) >= 11 is 15.4. The van der Waals surface area contributed by atoms with E-state index in [2.05, 4.69) is 4.74 Å². The zero-order valence-electron chi connectivity index (χ0n) is 6.07. The molecule has 0 aliphatic carbocycles. The number of hydrogen-bond donors (Lipinski definition) is 1. The number of alkyl carbamates (subject to hydrolysis) is 1. The Balaban J connectivity index is 3.94. The number of halogens is 3. The van der Waals surface area contributed by atoms with E-state index in [0.717, 1.165) is 0 Å². The molecule has 0 aromatic heterocycles. The van der Waals surface area contributed by atoms with Gasteiger partial charge in [0, 0.05) is 0 Å². The lowest BCUT2D eigenvalue weighted by Crippen LogP contribution is -2.39. The number of rotatable bonds is 1. The number of alkyl halides is 3. The molecule has 0 fully saturated rings. The molecule has 1 N–H and O–H groups in total. The van der Waals surface area contributed by atoms with E-state index in [4.69, 9.17) is 34.8 Å². The van der Waals surface area contributed by atoms with Gasteiger partial charge in [0.25, 0.3) is 9.70 Å². The highest BCUT2D eigenvalue weighted by molar-refractivity contribution is 6.76. The van der Waals surface area contributed by atoms with Crippen molar-refractivity contribution < 1.29 is 14.3 Å². The maximum Gasteiger partial charge on any atom is 0.413 e. The second-order valence-corrected chi connectivity index (χ2v) is 3.95. The smallest absolute Gasteiger partial charge is 0.413 e. The molecule has 0 aromatic rings. The molecule has 0 aliphatic heterocycles. The Morgan fingerprint density at radius 1 is 1.42 bits per heavy atom. The molecule has 0 spiro atoms. The number of carbonyl (C=O) groups excluding carboxylic acids is 2. The summed E-state index contributed by atoms with van der Waals surface area (Å²) in [5.41, 5.74) is 0. The lowest BCUT2D eigenvalue weighted by molar-refractivity contribution is -0.119. The Bertz CT molecular complexity index is 189. The fourth-order valence-electron chi connectivity index (χ4n) is 0.331. The van der Waals surface area contributed by atoms with Gasteiger partial charge in [0.2, 0.25) is 0 Å². The van der Waals surface area contributed by atoms with Gasteiger partial charge in [-0.2, -0.15) is 0 Å². The van der Waals surface area contributed by atoms with Crippen molar-refractivity contribution in [1.82, 2.24) is 5.32 Å². The van der Waals surface area contributed by atoms with Gasteiger partial charge < -0.3 is 4.74 Å². The van der Waals surface area contributed by atoms with Crippen LogP contribution in [0.4, 0.5) is 4.79 Å². The molecule has 7 heteroatoms. The van der Waals surface area contributed by atoms with Gasteiger partial charge in [-0.15, -0.1) is 0 Å². The van der Waals surface area contributed by atoms with Crippen molar-refractivity contribution in [2.24, 2.45) is 0 Å². The van der Waals surface area contributed by atoms with Gasteiger partial charge in [-0.05, 0) is 6.92 Å². The van der Waals surface area contributed by atoms with Crippen molar-refractivity contribution in [1.29, 1.82) is 0 Å². The first-order chi connectivity index (χ1) is 5.38. The molecular formula is C5H6Cl3NO3. The summed E-state index contributed by atoms with van der Waals surface area (Å²) < 4.78 is 2.21. The van der Waals surface area contributed by atoms with E-state index in [0.29, 0.717) is 0 Å². The predicted octanol–water partition coefficient (Wildman–Crippen LogP) is 1.63. The fraction of sp³-hybridized carbons (Fsp3) is 0.600. The molecule has 0 rings (SSSR count). The van der Waals surface area contributed by atoms with Gasteiger partial charge in [-0.1, -0.05) is 34.8 Å². The van der Waals surface area contributed by atoms with Crippen molar-refractivity contribution in [3.05, 3.63) is 0 Å². The SMILES string of the molecule is CCOC(=O)NC(=O)C(Cl)(Cl)Cl. The zero-order chi connectivity index (χ0) is 9.78. The van der Waals surface area contributed by atoms with Crippen LogP contribution in [0.15, 0.2) is 0 Å². The van der Waals surface area contributed by atoms with Crippen molar-refractivity contribution in [3.8, 4) is 0 Å². The molecule has 0 unspecified atom stereocenters. The molecule has 0 saturated heterocycles. The third-order valence-electron chi connectivity index (χ3n) is 0.748. The van der Waals surface area contributed by atoms with Crippen LogP contribution in [0.2, 0.25) is 0 Å². The first kappa shape index (κ1) is 11.8. The Kier molecular flexibility index (Phi) is 4.67. The van der Waals surface area contributed by atoms with Crippen LogP contribution in [0, 0.1) is 0 Å². The van der Waals surface area contributed by atoms with Gasteiger partial charge in [0.15, 0.2) is 0 Å². The summed E-state index contributed by atoms with van der Waals surface area (Å²) in [6.07, 6.45) is -0.936. The van der Waals surface area contributed by atoms with E-state index in [9.17, 15) is 9.59 Å². The molecule has 12 heavy (non-hydrogen) atoms. The Morgan fingerprint density at radius 2 is 1.92 bits per heavy atom. The van der Waals surface area contributed by atoms with Crippen molar-refractivity contribution in [3.63, 3.8) is 0 Å². The van der Waals surface area contributed by atoms with Crippen molar-refractivity contribution in [2.45, 2.75) is 10.7 Å². The van der Waals surface area contributed by atoms with Gasteiger partial charge in [0.1, 0.15) is 0 Å². The molecule has 4 nitrogen and oxygen atoms in total. The summed E-state index contributed by atoms with van der Waals surface area (Å²) in [5.74, 6) is -1.04. The van der Waals surface area contributed by atoms with Crippen LogP contribution in [-0.4, -0.2) is 22.4 Å². The highest BCUT2D eigenvalue weighted by Gasteiger charge is 2.32. The van der Waals surface area contributed by atoms with Gasteiger partial charge in [-0.25, -0.2) is 4.79 Å². The summed E-state index contributed by atoms with van der Waals surface area (Å²) in [6.45, 7) is 1.72. The predicted molar refractivity (Wildman–Crippen MR) is 45.5 cm³/mol. The number of ether oxygens (including phenoxy) is 1. The molecule has 0 aromatic carbocycles. The first-order valence-electron chi connectivity index (χ1n) is 2.93. The van der Waals surface area contributed by atoms with E-state index < -0.39 is 15.8 Å². The largest absolute Gasteiger partial charge is 0.450 e. The lowest BCUT2D eigenvalue weighted by atomic mass is 10.7. The maximum absolute atomic E-state index is 10.7. The third kappa shape index (κ3) is 4.64. The second kappa shape index (κ2) is 4.74. The fourth-order valence-corrected chi connectivity index (χ4v) is 0.472. The van der Waals surface area contributed by atoms with E-state index in [1.165, 1.54) is 0 Å². The van der Waals surface area contributed by atoms with Crippen LogP contribution in [-0.2, 0) is 9.53 Å². The summed E-state index contributed by atoms with van der Waals surface area (Å²) in [6, 6.07) is 0. The van der Waals surface area contributed by atoms with Crippen molar-refractivity contribution in [2.75, 3.05) is 6.61 Å². The van der Waals surface area contributed by atoms with Gasteiger partial charge in [0.05, 0.1) is 6.61 Å². The third-order valence-corrected chi connectivity index (χ3v) is 1.26. The highest BCUT2D eigenvalue weighted by atomic mass is 35.6. The van der Waals surface area contributed by atoms with Gasteiger partial charge >= 0.3 is 6.09 Å². The van der Waals surface area contributed by atoms with E-state index in [1.807, 2.05) is 0 Å². The number of imide groups is 1. The van der Waals surface area contributed by atoms with Crippen LogP contribution in [0.5, 0.6) is 0 Å². The van der Waals surface area contributed by atoms with E-state index in [-0.39, 0.29) is 6.61 Å². The van der Waals surface area contributed by atoms with Crippen LogP contribution in [0.25, 0.3) is 0 Å². The Morgan fingerprint density at radius 3 is 2.25 bits per heavy atom. The summed E-state index contributed by atoms with van der Waals surface area (Å²) in [4.78, 5) is 21.3. The summed E-state index contributed by atoms with van der Waals surface area (Å²) in [7, 11) is 0. The average molecular weight is 234 g/mol. The highest BCUT2D eigenvalue weighted by Crippen LogP contribution is 2.25. The maximum atomic E-state index is 10.7. The van der Waals surface area contributed by atoms with Gasteiger partial charge in [-0.3, -0.25) is 10.1 Å². The second-order valence-electron chi connectivity index (χ2n) is 1.67. The molecule has 0 atom stereocenters. The number of amides is 2. The lowest BCUT2D eigenvalue weighted by Gasteiger charge is -2.09. The van der Waals surface area contributed by atoms with Crippen LogP contribution in [0.3, 0.4) is 0 Å². The van der Waals surface area contributed by atoms with Crippen LogP contribution >= 0.6 is 34.8 Å². The molecular weight excluding hydrogens is 228 g/mol. The zero-order valence-corrected chi connectivity index (χ0v) is 8.33. The van der Waals surface area contributed by atoms with Crippen LogP contribution in [0.1, 0.15) is 6.92 Å². The number of nitrogens with one attached hydrogen (secondary N) is 1. The number of carbonyl (C=O) groups is 2. The Hall–Kier alpha value is -0.190. The molecule has 70 valence electrons. The monoisotopic (exact) mass is 233 g/mol. The Labute approximate surface area is 84.1 Å². The quantitative estimate of drug-likeness (QED) is 0.702. The average Bonchev–Trinajstić information content (AvgIpc) is 1.85. The minimum absolute atomic E-state index is 0.138. The minimum atomic E-state index is -2.15. The molecule has 0 radical (unpaired) electrons. The first-order valence-corrected chi connectivity index (χ1v) is 4.06. The standard InChI is InChI=1S/C5H6Cl3NO3/c1-2-12-4(11)9-3(10)5(6,7)8/h2H2,1H3,(H,9,10,11). The van der Waals surface area contributed by atoms with E-state index in [1.54, 1.807) is 12.2 Å². The molecule has 0 aliphatic rings. The van der Waals surface area contributed by atoms with Crippen molar-refractivity contribution >= 4 is 46.8 Å². The molecule has 0 heterocycles. The molecule has 0 bridgehead atoms. The number of hydrogen-bond acceptors (Lipinski definition) is 3. The summed E-state index contributed by atoms with van der Waals surface area (Å²) in [5, 5.41) is 1.72. The normalized spacial score (nSPS) is 10.7. The minimum Gasteiger partial charge on any atom is -0.450 e. The molecule has 2 amide bonds. The van der Waals surface area contributed by atoms with E-state index >= 15 is 0 Å². The molecule has 0 saturated carbocycles.